The number of hydrogen-bond donors (Lipinski definition) is 1. The molecule has 1 saturated heterocycles. The lowest BCUT2D eigenvalue weighted by atomic mass is 10.2. The van der Waals surface area contributed by atoms with E-state index >= 15 is 0 Å². The van der Waals surface area contributed by atoms with Gasteiger partial charge >= 0.3 is 0 Å². The van der Waals surface area contributed by atoms with Crippen LogP contribution in [0, 0.1) is 5.82 Å². The predicted octanol–water partition coefficient (Wildman–Crippen LogP) is 4.03. The Morgan fingerprint density at radius 2 is 2.00 bits per heavy atom. The molecule has 0 radical (unpaired) electrons. The van der Waals surface area contributed by atoms with Crippen LogP contribution < -0.4 is 5.43 Å². The number of halogens is 2. The Morgan fingerprint density at radius 1 is 1.24 bits per heavy atom. The van der Waals surface area contributed by atoms with E-state index in [0.717, 1.165) is 16.8 Å². The van der Waals surface area contributed by atoms with Crippen LogP contribution in [-0.2, 0) is 4.79 Å². The summed E-state index contributed by atoms with van der Waals surface area (Å²) in [5.74, 6) is -1.39. The second-order valence-corrected chi connectivity index (χ2v) is 7.14. The molecule has 0 spiro atoms. The van der Waals surface area contributed by atoms with E-state index in [1.165, 1.54) is 24.3 Å². The van der Waals surface area contributed by atoms with E-state index in [2.05, 4.69) is 5.43 Å². The number of hydrazine groups is 1. The summed E-state index contributed by atoms with van der Waals surface area (Å²) in [7, 11) is 0. The third-order valence-corrected chi connectivity index (χ3v) is 4.78. The van der Waals surface area contributed by atoms with Crippen molar-refractivity contribution in [2.75, 3.05) is 0 Å². The fraction of sp³-hybridized carbons (Fsp3) is 0. The van der Waals surface area contributed by atoms with Gasteiger partial charge in [-0.25, -0.2) is 4.39 Å². The van der Waals surface area contributed by atoms with E-state index in [4.69, 9.17) is 23.8 Å². The van der Waals surface area contributed by atoms with Crippen LogP contribution >= 0.6 is 35.6 Å². The second-order valence-electron chi connectivity index (χ2n) is 5.02. The first-order chi connectivity index (χ1) is 11.9. The molecule has 0 bridgehead atoms. The van der Waals surface area contributed by atoms with Crippen LogP contribution in [0.4, 0.5) is 4.39 Å². The van der Waals surface area contributed by atoms with Gasteiger partial charge in [-0.1, -0.05) is 41.6 Å². The topological polar surface area (TPSA) is 49.4 Å². The highest BCUT2D eigenvalue weighted by atomic mass is 35.5. The Bertz CT molecular complexity index is 917. The summed E-state index contributed by atoms with van der Waals surface area (Å²) >= 11 is 12.0. The molecule has 1 heterocycles. The Kier molecular flexibility index (Phi) is 5.17. The molecule has 4 nitrogen and oxygen atoms in total. The zero-order valence-electron chi connectivity index (χ0n) is 12.5. The Labute approximate surface area is 157 Å². The molecular formula is C17H10ClFN2O2S2. The van der Waals surface area contributed by atoms with Gasteiger partial charge in [0.05, 0.1) is 4.91 Å². The van der Waals surface area contributed by atoms with Gasteiger partial charge in [-0.15, -0.1) is 0 Å². The molecule has 1 aliphatic heterocycles. The van der Waals surface area contributed by atoms with E-state index in [1.807, 2.05) is 0 Å². The first-order valence-corrected chi connectivity index (χ1v) is 8.64. The van der Waals surface area contributed by atoms with Gasteiger partial charge in [0, 0.05) is 10.6 Å². The number of carbonyl (C=O) groups is 2. The van der Waals surface area contributed by atoms with E-state index in [1.54, 1.807) is 30.3 Å². The zero-order valence-corrected chi connectivity index (χ0v) is 14.9. The normalized spacial score (nSPS) is 15.8. The van der Waals surface area contributed by atoms with Crippen molar-refractivity contribution >= 4 is 57.8 Å². The first-order valence-electron chi connectivity index (χ1n) is 7.04. The summed E-state index contributed by atoms with van der Waals surface area (Å²) < 4.78 is 13.4. The maximum atomic E-state index is 13.3. The summed E-state index contributed by atoms with van der Waals surface area (Å²) in [5.41, 5.74) is 3.29. The second kappa shape index (κ2) is 7.35. The van der Waals surface area contributed by atoms with Gasteiger partial charge in [0.15, 0.2) is 4.32 Å². The first kappa shape index (κ1) is 17.6. The van der Waals surface area contributed by atoms with E-state index in [-0.39, 0.29) is 4.32 Å². The Hall–Kier alpha value is -2.22. The highest BCUT2D eigenvalue weighted by Gasteiger charge is 2.33. The van der Waals surface area contributed by atoms with Crippen molar-refractivity contribution in [1.82, 2.24) is 10.4 Å². The van der Waals surface area contributed by atoms with Crippen molar-refractivity contribution in [2.45, 2.75) is 0 Å². The molecule has 126 valence electrons. The molecule has 8 heteroatoms. The highest BCUT2D eigenvalue weighted by molar-refractivity contribution is 8.26. The molecule has 2 amide bonds. The van der Waals surface area contributed by atoms with Gasteiger partial charge in [-0.2, -0.15) is 5.01 Å². The molecule has 0 atom stereocenters. The minimum Gasteiger partial charge on any atom is -0.267 e. The monoisotopic (exact) mass is 392 g/mol. The lowest BCUT2D eigenvalue weighted by Crippen LogP contribution is -2.44. The van der Waals surface area contributed by atoms with E-state index < -0.39 is 17.6 Å². The largest absolute Gasteiger partial charge is 0.285 e. The number of thiocarbonyl (C=S) groups is 1. The lowest BCUT2D eigenvalue weighted by Gasteiger charge is -2.15. The van der Waals surface area contributed by atoms with Gasteiger partial charge in [0.2, 0.25) is 0 Å². The third kappa shape index (κ3) is 4.07. The molecule has 2 aromatic rings. The van der Waals surface area contributed by atoms with Crippen molar-refractivity contribution < 1.29 is 14.0 Å². The van der Waals surface area contributed by atoms with Crippen molar-refractivity contribution in [2.24, 2.45) is 0 Å². The summed E-state index contributed by atoms with van der Waals surface area (Å²) in [6.45, 7) is 0. The summed E-state index contributed by atoms with van der Waals surface area (Å²) in [5, 5.41) is 1.40. The number of carbonyl (C=O) groups excluding carboxylic acids is 2. The Balaban J connectivity index is 1.78. The van der Waals surface area contributed by atoms with Crippen LogP contribution in [0.2, 0.25) is 5.02 Å². The predicted molar refractivity (Wildman–Crippen MR) is 100 cm³/mol. The van der Waals surface area contributed by atoms with Crippen molar-refractivity contribution in [3.63, 3.8) is 0 Å². The van der Waals surface area contributed by atoms with Gasteiger partial charge in [-0.05, 0) is 54.2 Å². The van der Waals surface area contributed by atoms with Crippen LogP contribution in [0.25, 0.3) is 6.08 Å². The maximum absolute atomic E-state index is 13.3. The van der Waals surface area contributed by atoms with Crippen LogP contribution in [0.1, 0.15) is 15.9 Å². The third-order valence-electron chi connectivity index (χ3n) is 3.24. The minimum atomic E-state index is -0.509. The molecule has 1 N–H and O–H groups in total. The molecule has 25 heavy (non-hydrogen) atoms. The Morgan fingerprint density at radius 3 is 2.72 bits per heavy atom. The van der Waals surface area contributed by atoms with Crippen LogP contribution in [0.3, 0.4) is 0 Å². The van der Waals surface area contributed by atoms with Crippen molar-refractivity contribution in [1.29, 1.82) is 0 Å². The molecule has 1 aliphatic rings. The van der Waals surface area contributed by atoms with Gasteiger partial charge in [-0.3, -0.25) is 15.0 Å². The summed E-state index contributed by atoms with van der Waals surface area (Å²) in [4.78, 5) is 25.0. The number of hydrogen-bond acceptors (Lipinski definition) is 4. The summed E-state index contributed by atoms with van der Waals surface area (Å²) in [6, 6.07) is 12.2. The fourth-order valence-electron chi connectivity index (χ4n) is 2.11. The molecule has 0 aliphatic carbocycles. The van der Waals surface area contributed by atoms with Crippen LogP contribution in [0.5, 0.6) is 0 Å². The maximum Gasteiger partial charge on any atom is 0.285 e. The number of rotatable bonds is 3. The number of thioether (sulfide) groups is 1. The molecule has 2 aromatic carbocycles. The molecule has 0 saturated carbocycles. The van der Waals surface area contributed by atoms with E-state index in [9.17, 15) is 14.0 Å². The zero-order chi connectivity index (χ0) is 18.0. The average Bonchev–Trinajstić information content (AvgIpc) is 2.82. The molecule has 1 fully saturated rings. The summed E-state index contributed by atoms with van der Waals surface area (Å²) in [6.07, 6.45) is 1.52. The smallest absolute Gasteiger partial charge is 0.267 e. The molecular weight excluding hydrogens is 383 g/mol. The minimum absolute atomic E-state index is 0.183. The fourth-order valence-corrected chi connectivity index (χ4v) is 3.48. The SMILES string of the molecule is O=C(NN1C(=O)C(=Cc2cccc(F)c2)SC1=S)c1cccc(Cl)c1. The van der Waals surface area contributed by atoms with Crippen LogP contribution in [0.15, 0.2) is 53.4 Å². The average molecular weight is 393 g/mol. The van der Waals surface area contributed by atoms with Crippen molar-refractivity contribution in [3.8, 4) is 0 Å². The van der Waals surface area contributed by atoms with Crippen LogP contribution in [-0.4, -0.2) is 21.1 Å². The number of nitrogens with zero attached hydrogens (tertiary/aromatic N) is 1. The van der Waals surface area contributed by atoms with Gasteiger partial charge < -0.3 is 0 Å². The molecule has 3 rings (SSSR count). The van der Waals surface area contributed by atoms with E-state index in [0.29, 0.717) is 21.1 Å². The quantitative estimate of drug-likeness (QED) is 0.633. The number of amides is 2. The molecule has 0 unspecified atom stereocenters. The van der Waals surface area contributed by atoms with Gasteiger partial charge in [0.25, 0.3) is 11.8 Å². The standard InChI is InChI=1S/C17H10ClFN2O2S2/c18-12-5-2-4-11(9-12)15(22)20-21-16(23)14(25-17(21)24)8-10-3-1-6-13(19)7-10/h1-9H,(H,20,22). The lowest BCUT2D eigenvalue weighted by molar-refractivity contribution is -0.123. The van der Waals surface area contributed by atoms with Gasteiger partial charge in [0.1, 0.15) is 5.82 Å². The highest BCUT2D eigenvalue weighted by Crippen LogP contribution is 2.31. The van der Waals surface area contributed by atoms with Crippen molar-refractivity contribution in [3.05, 3.63) is 75.4 Å². The number of benzene rings is 2. The number of nitrogens with one attached hydrogen (secondary N) is 1. The molecule has 0 aromatic heterocycles.